The molecule has 2 aromatic carbocycles. The van der Waals surface area contributed by atoms with E-state index in [0.717, 1.165) is 0 Å². The first kappa shape index (κ1) is 19.1. The van der Waals surface area contributed by atoms with Crippen LogP contribution in [0.4, 0.5) is 4.39 Å². The molecule has 1 saturated heterocycles. The molecule has 1 fully saturated rings. The molecule has 1 amide bonds. The molecule has 0 aliphatic carbocycles. The van der Waals surface area contributed by atoms with Crippen molar-refractivity contribution >= 4 is 16.8 Å². The molecule has 1 aliphatic heterocycles. The quantitative estimate of drug-likeness (QED) is 0.550. The van der Waals surface area contributed by atoms with Crippen molar-refractivity contribution in [3.8, 4) is 16.9 Å². The molecule has 156 valence electrons. The van der Waals surface area contributed by atoms with Gasteiger partial charge in [0, 0.05) is 24.0 Å². The highest BCUT2D eigenvalue weighted by Gasteiger charge is 2.18. The first-order valence-electron chi connectivity index (χ1n) is 9.82. The molecule has 1 N–H and O–H groups in total. The van der Waals surface area contributed by atoms with Crippen molar-refractivity contribution in [1.82, 2.24) is 24.9 Å². The van der Waals surface area contributed by atoms with Gasteiger partial charge in [-0.05, 0) is 42.5 Å². The van der Waals surface area contributed by atoms with Crippen LogP contribution in [0.3, 0.4) is 0 Å². The van der Waals surface area contributed by atoms with E-state index >= 15 is 0 Å². The SMILES string of the molecule is O=C(c1ccc(-n2cc(-c3cc4c(F)cccc4[nH]c3=O)nn2)cc1)N1CCOCC1. The van der Waals surface area contributed by atoms with Crippen LogP contribution in [0.15, 0.2) is 59.5 Å². The fourth-order valence-electron chi connectivity index (χ4n) is 3.60. The Labute approximate surface area is 175 Å². The normalized spacial score (nSPS) is 14.2. The van der Waals surface area contributed by atoms with Gasteiger partial charge in [0.15, 0.2) is 0 Å². The Morgan fingerprint density at radius 1 is 1.10 bits per heavy atom. The highest BCUT2D eigenvalue weighted by Crippen LogP contribution is 2.21. The summed E-state index contributed by atoms with van der Waals surface area (Å²) in [6, 6.07) is 13.0. The molecule has 8 nitrogen and oxygen atoms in total. The predicted molar refractivity (Wildman–Crippen MR) is 112 cm³/mol. The molecular weight excluding hydrogens is 401 g/mol. The number of benzene rings is 2. The minimum Gasteiger partial charge on any atom is -0.378 e. The third-order valence-electron chi connectivity index (χ3n) is 5.28. The zero-order valence-electron chi connectivity index (χ0n) is 16.4. The van der Waals surface area contributed by atoms with Crippen molar-refractivity contribution in [2.24, 2.45) is 0 Å². The number of H-pyrrole nitrogens is 1. The van der Waals surface area contributed by atoms with E-state index in [-0.39, 0.29) is 17.0 Å². The van der Waals surface area contributed by atoms with Crippen LogP contribution < -0.4 is 5.56 Å². The summed E-state index contributed by atoms with van der Waals surface area (Å²) in [6.45, 7) is 2.24. The van der Waals surface area contributed by atoms with E-state index in [1.807, 2.05) is 0 Å². The van der Waals surface area contributed by atoms with Crippen molar-refractivity contribution in [3.05, 3.63) is 76.5 Å². The Bertz CT molecular complexity index is 1320. The minimum absolute atomic E-state index is 0.0427. The van der Waals surface area contributed by atoms with Crippen molar-refractivity contribution < 1.29 is 13.9 Å². The zero-order valence-corrected chi connectivity index (χ0v) is 16.4. The van der Waals surface area contributed by atoms with E-state index in [2.05, 4.69) is 15.3 Å². The molecule has 5 rings (SSSR count). The topological polar surface area (TPSA) is 93.1 Å². The van der Waals surface area contributed by atoms with Gasteiger partial charge in [-0.25, -0.2) is 9.07 Å². The minimum atomic E-state index is -0.428. The third-order valence-corrected chi connectivity index (χ3v) is 5.28. The third kappa shape index (κ3) is 3.59. The molecule has 0 spiro atoms. The molecule has 4 aromatic rings. The van der Waals surface area contributed by atoms with E-state index in [4.69, 9.17) is 4.74 Å². The lowest BCUT2D eigenvalue weighted by atomic mass is 10.1. The number of ether oxygens (including phenoxy) is 1. The molecule has 2 aromatic heterocycles. The number of halogens is 1. The Hall–Kier alpha value is -3.85. The summed E-state index contributed by atoms with van der Waals surface area (Å²) in [7, 11) is 0. The lowest BCUT2D eigenvalue weighted by molar-refractivity contribution is 0.0303. The summed E-state index contributed by atoms with van der Waals surface area (Å²) in [5, 5.41) is 8.45. The molecular formula is C22H18FN5O3. The summed E-state index contributed by atoms with van der Waals surface area (Å²) in [5.41, 5.74) is 1.84. The van der Waals surface area contributed by atoms with Gasteiger partial charge in [-0.1, -0.05) is 11.3 Å². The number of carbonyl (C=O) groups is 1. The monoisotopic (exact) mass is 419 g/mol. The van der Waals surface area contributed by atoms with E-state index in [0.29, 0.717) is 54.2 Å². The van der Waals surface area contributed by atoms with E-state index in [9.17, 15) is 14.0 Å². The summed E-state index contributed by atoms with van der Waals surface area (Å²) in [6.07, 6.45) is 1.59. The molecule has 1 aliphatic rings. The Morgan fingerprint density at radius 3 is 2.65 bits per heavy atom. The van der Waals surface area contributed by atoms with Gasteiger partial charge in [-0.2, -0.15) is 0 Å². The zero-order chi connectivity index (χ0) is 21.4. The molecule has 0 unspecified atom stereocenters. The summed E-state index contributed by atoms with van der Waals surface area (Å²) in [4.78, 5) is 29.5. The van der Waals surface area contributed by atoms with Gasteiger partial charge in [0.2, 0.25) is 0 Å². The highest BCUT2D eigenvalue weighted by molar-refractivity contribution is 5.94. The summed E-state index contributed by atoms with van der Waals surface area (Å²) >= 11 is 0. The van der Waals surface area contributed by atoms with Crippen LogP contribution in [-0.4, -0.2) is 57.1 Å². The molecule has 31 heavy (non-hydrogen) atoms. The van der Waals surface area contributed by atoms with Gasteiger partial charge >= 0.3 is 0 Å². The standard InChI is InChI=1S/C22H18FN5O3/c23-18-2-1-3-19-16(18)12-17(21(29)24-19)20-13-28(26-25-20)15-6-4-14(5-7-15)22(30)27-8-10-31-11-9-27/h1-7,12-13H,8-11H2,(H,24,29). The fraction of sp³-hybridized carbons (Fsp3) is 0.182. The van der Waals surface area contributed by atoms with Crippen LogP contribution in [-0.2, 0) is 4.74 Å². The van der Waals surface area contributed by atoms with Crippen molar-refractivity contribution in [2.75, 3.05) is 26.3 Å². The van der Waals surface area contributed by atoms with Crippen LogP contribution >= 0.6 is 0 Å². The molecule has 0 saturated carbocycles. The second kappa shape index (κ2) is 7.77. The van der Waals surface area contributed by atoms with Crippen LogP contribution in [0, 0.1) is 5.82 Å². The van der Waals surface area contributed by atoms with Crippen LogP contribution in [0.25, 0.3) is 27.8 Å². The Morgan fingerprint density at radius 2 is 1.87 bits per heavy atom. The number of rotatable bonds is 3. The fourth-order valence-corrected chi connectivity index (χ4v) is 3.60. The molecule has 0 atom stereocenters. The average Bonchev–Trinajstić information content (AvgIpc) is 3.29. The van der Waals surface area contributed by atoms with Gasteiger partial charge in [0.1, 0.15) is 11.5 Å². The van der Waals surface area contributed by atoms with Crippen molar-refractivity contribution in [1.29, 1.82) is 0 Å². The number of carbonyl (C=O) groups excluding carboxylic acids is 1. The van der Waals surface area contributed by atoms with Crippen LogP contribution in [0.5, 0.6) is 0 Å². The molecule has 0 radical (unpaired) electrons. The smallest absolute Gasteiger partial charge is 0.258 e. The summed E-state index contributed by atoms with van der Waals surface area (Å²) < 4.78 is 20.9. The second-order valence-electron chi connectivity index (χ2n) is 7.21. The average molecular weight is 419 g/mol. The van der Waals surface area contributed by atoms with Gasteiger partial charge in [0.25, 0.3) is 11.5 Å². The van der Waals surface area contributed by atoms with Gasteiger partial charge in [0.05, 0.1) is 36.2 Å². The van der Waals surface area contributed by atoms with E-state index in [1.54, 1.807) is 41.4 Å². The van der Waals surface area contributed by atoms with Gasteiger partial charge in [-0.15, -0.1) is 5.10 Å². The first-order chi connectivity index (χ1) is 15.1. The number of fused-ring (bicyclic) bond motifs is 1. The van der Waals surface area contributed by atoms with E-state index < -0.39 is 5.82 Å². The number of hydrogen-bond donors (Lipinski definition) is 1. The molecule has 9 heteroatoms. The number of hydrogen-bond acceptors (Lipinski definition) is 5. The second-order valence-corrected chi connectivity index (χ2v) is 7.21. The Balaban J connectivity index is 1.43. The largest absolute Gasteiger partial charge is 0.378 e. The number of morpholine rings is 1. The molecule has 3 heterocycles. The number of amides is 1. The first-order valence-corrected chi connectivity index (χ1v) is 9.82. The number of nitrogens with zero attached hydrogens (tertiary/aromatic N) is 4. The maximum Gasteiger partial charge on any atom is 0.258 e. The van der Waals surface area contributed by atoms with Crippen LogP contribution in [0.1, 0.15) is 10.4 Å². The number of nitrogens with one attached hydrogen (secondary N) is 1. The highest BCUT2D eigenvalue weighted by atomic mass is 19.1. The van der Waals surface area contributed by atoms with E-state index in [1.165, 1.54) is 22.9 Å². The van der Waals surface area contributed by atoms with Crippen molar-refractivity contribution in [2.45, 2.75) is 0 Å². The lowest BCUT2D eigenvalue weighted by Crippen LogP contribution is -2.40. The van der Waals surface area contributed by atoms with Crippen molar-refractivity contribution in [3.63, 3.8) is 0 Å². The maximum atomic E-state index is 14.1. The number of aromatic nitrogens is 4. The number of aromatic amines is 1. The Kier molecular flexibility index (Phi) is 4.79. The summed E-state index contributed by atoms with van der Waals surface area (Å²) in [5.74, 6) is -0.471. The lowest BCUT2D eigenvalue weighted by Gasteiger charge is -2.26. The van der Waals surface area contributed by atoms with Gasteiger partial charge < -0.3 is 14.6 Å². The predicted octanol–water partition coefficient (Wildman–Crippen LogP) is 2.39. The molecule has 0 bridgehead atoms. The maximum absolute atomic E-state index is 14.1. The van der Waals surface area contributed by atoms with Crippen LogP contribution in [0.2, 0.25) is 0 Å². The van der Waals surface area contributed by atoms with Gasteiger partial charge in [-0.3, -0.25) is 9.59 Å². The number of pyridine rings is 1.